The quantitative estimate of drug-likeness (QED) is 0.587. The first-order valence-corrected chi connectivity index (χ1v) is 7.53. The monoisotopic (exact) mass is 284 g/mol. The van der Waals surface area contributed by atoms with E-state index < -0.39 is 0 Å². The van der Waals surface area contributed by atoms with E-state index >= 15 is 0 Å². The topological polar surface area (TPSA) is 34.1 Å². The molecule has 2 rings (SSSR count). The van der Waals surface area contributed by atoms with Gasteiger partial charge in [-0.3, -0.25) is 9.59 Å². The molecule has 0 aliphatic rings. The molecule has 0 atom stereocenters. The Morgan fingerprint density at radius 1 is 0.850 bits per heavy atom. The van der Waals surface area contributed by atoms with E-state index in [2.05, 4.69) is 0 Å². The minimum Gasteiger partial charge on any atom is -0.294 e. The predicted molar refractivity (Wildman–Crippen MR) is 82.6 cm³/mol. The van der Waals surface area contributed by atoms with Crippen molar-refractivity contribution >= 4 is 23.3 Å². The van der Waals surface area contributed by atoms with Gasteiger partial charge in [-0.25, -0.2) is 0 Å². The molecule has 0 spiro atoms. The van der Waals surface area contributed by atoms with E-state index in [-0.39, 0.29) is 11.6 Å². The lowest BCUT2D eigenvalue weighted by atomic mass is 10.1. The van der Waals surface area contributed by atoms with Crippen LogP contribution in [0.3, 0.4) is 0 Å². The number of hydrogen-bond acceptors (Lipinski definition) is 3. The zero-order valence-electron chi connectivity index (χ0n) is 11.3. The summed E-state index contributed by atoms with van der Waals surface area (Å²) in [5, 5.41) is 0. The first-order valence-electron chi connectivity index (χ1n) is 6.55. The van der Waals surface area contributed by atoms with E-state index in [4.69, 9.17) is 0 Å². The van der Waals surface area contributed by atoms with Gasteiger partial charge in [-0.05, 0) is 12.1 Å². The maximum absolute atomic E-state index is 12.0. The molecule has 0 aliphatic heterocycles. The number of ketones is 2. The summed E-state index contributed by atoms with van der Waals surface area (Å²) in [6.45, 7) is 1.85. The number of hydrogen-bond donors (Lipinski definition) is 0. The minimum absolute atomic E-state index is 0.115. The van der Waals surface area contributed by atoms with Crippen molar-refractivity contribution in [3.05, 3.63) is 65.7 Å². The summed E-state index contributed by atoms with van der Waals surface area (Å²) in [6, 6.07) is 16.7. The van der Waals surface area contributed by atoms with Gasteiger partial charge in [0.15, 0.2) is 11.6 Å². The molecule has 2 aromatic rings. The van der Waals surface area contributed by atoms with E-state index in [0.29, 0.717) is 12.2 Å². The third-order valence-corrected chi connectivity index (χ3v) is 3.98. The molecule has 0 saturated heterocycles. The first kappa shape index (κ1) is 14.5. The molecule has 3 heteroatoms. The van der Waals surface area contributed by atoms with Crippen LogP contribution in [0.1, 0.15) is 34.1 Å². The Kier molecular flexibility index (Phi) is 5.13. The third kappa shape index (κ3) is 3.81. The molecule has 0 aliphatic carbocycles. The molecule has 2 nitrogen and oxygen atoms in total. The lowest BCUT2D eigenvalue weighted by molar-refractivity contribution is 0.0986. The predicted octanol–water partition coefficient (Wildman–Crippen LogP) is 4.25. The molecule has 0 amide bonds. The lowest BCUT2D eigenvalue weighted by Gasteiger charge is -2.03. The summed E-state index contributed by atoms with van der Waals surface area (Å²) in [5.41, 5.74) is 1.46. The van der Waals surface area contributed by atoms with Crippen LogP contribution in [-0.4, -0.2) is 17.3 Å². The fourth-order valence-electron chi connectivity index (χ4n) is 1.80. The fraction of sp³-hybridized carbons (Fsp3) is 0.176. The van der Waals surface area contributed by atoms with Crippen LogP contribution in [0.4, 0.5) is 0 Å². The summed E-state index contributed by atoms with van der Waals surface area (Å²) in [7, 11) is 0. The van der Waals surface area contributed by atoms with Gasteiger partial charge in [0, 0.05) is 22.4 Å². The van der Waals surface area contributed by atoms with Crippen LogP contribution < -0.4 is 0 Å². The van der Waals surface area contributed by atoms with Gasteiger partial charge in [0.25, 0.3) is 0 Å². The molecule has 0 unspecified atom stereocenters. The molecule has 2 aromatic carbocycles. The van der Waals surface area contributed by atoms with Crippen molar-refractivity contribution < 1.29 is 9.59 Å². The van der Waals surface area contributed by atoms with E-state index in [9.17, 15) is 9.59 Å². The fourth-order valence-corrected chi connectivity index (χ4v) is 2.59. The standard InChI is InChI=1S/C17H16O2S/c1-2-16(18)14-8-10-15(11-9-14)20-12-17(19)13-6-4-3-5-7-13/h3-11H,2,12H2,1H3. The van der Waals surface area contributed by atoms with E-state index in [1.165, 1.54) is 11.8 Å². The van der Waals surface area contributed by atoms with Crippen LogP contribution in [-0.2, 0) is 0 Å². The van der Waals surface area contributed by atoms with Crippen LogP contribution >= 0.6 is 11.8 Å². The highest BCUT2D eigenvalue weighted by molar-refractivity contribution is 8.00. The highest BCUT2D eigenvalue weighted by Crippen LogP contribution is 2.20. The average Bonchev–Trinajstić information content (AvgIpc) is 2.53. The molecule has 0 radical (unpaired) electrons. The molecule has 20 heavy (non-hydrogen) atoms. The summed E-state index contributed by atoms with van der Waals surface area (Å²) >= 11 is 1.49. The van der Waals surface area contributed by atoms with E-state index in [1.807, 2.05) is 61.5 Å². The van der Waals surface area contributed by atoms with Crippen molar-refractivity contribution in [3.8, 4) is 0 Å². The Balaban J connectivity index is 1.94. The normalized spacial score (nSPS) is 10.2. The Morgan fingerprint density at radius 3 is 2.05 bits per heavy atom. The molecular formula is C17H16O2S. The van der Waals surface area contributed by atoms with Crippen molar-refractivity contribution in [2.45, 2.75) is 18.2 Å². The van der Waals surface area contributed by atoms with Gasteiger partial charge in [0.05, 0.1) is 5.75 Å². The molecule has 0 bridgehead atoms. The minimum atomic E-state index is 0.115. The van der Waals surface area contributed by atoms with Crippen molar-refractivity contribution in [2.75, 3.05) is 5.75 Å². The largest absolute Gasteiger partial charge is 0.294 e. The zero-order valence-corrected chi connectivity index (χ0v) is 12.2. The van der Waals surface area contributed by atoms with Gasteiger partial charge in [0.2, 0.25) is 0 Å². The molecular weight excluding hydrogens is 268 g/mol. The Labute approximate surface area is 123 Å². The third-order valence-electron chi connectivity index (χ3n) is 2.96. The number of thioether (sulfide) groups is 1. The maximum atomic E-state index is 12.0. The van der Waals surface area contributed by atoms with Crippen LogP contribution in [0.5, 0.6) is 0 Å². The molecule has 0 saturated carbocycles. The second kappa shape index (κ2) is 7.06. The summed E-state index contributed by atoms with van der Waals surface area (Å²) in [4.78, 5) is 24.5. The second-order valence-corrected chi connectivity index (χ2v) is 5.43. The number of carbonyl (C=O) groups excluding carboxylic acids is 2. The van der Waals surface area contributed by atoms with Crippen molar-refractivity contribution in [3.63, 3.8) is 0 Å². The molecule has 0 fully saturated rings. The van der Waals surface area contributed by atoms with Crippen LogP contribution in [0.25, 0.3) is 0 Å². The van der Waals surface area contributed by atoms with Gasteiger partial charge in [0.1, 0.15) is 0 Å². The molecule has 0 heterocycles. The first-order chi connectivity index (χ1) is 9.70. The highest BCUT2D eigenvalue weighted by atomic mass is 32.2. The molecule has 0 N–H and O–H groups in total. The van der Waals surface area contributed by atoms with Gasteiger partial charge in [-0.15, -0.1) is 11.8 Å². The zero-order chi connectivity index (χ0) is 14.4. The van der Waals surface area contributed by atoms with Crippen LogP contribution in [0.2, 0.25) is 0 Å². The van der Waals surface area contributed by atoms with Crippen molar-refractivity contribution in [1.82, 2.24) is 0 Å². The van der Waals surface area contributed by atoms with Crippen molar-refractivity contribution in [2.24, 2.45) is 0 Å². The Bertz CT molecular complexity index is 588. The summed E-state index contributed by atoms with van der Waals surface area (Å²) in [6.07, 6.45) is 0.513. The smallest absolute Gasteiger partial charge is 0.173 e. The Hall–Kier alpha value is -1.87. The average molecular weight is 284 g/mol. The Morgan fingerprint density at radius 2 is 1.45 bits per heavy atom. The second-order valence-electron chi connectivity index (χ2n) is 4.38. The van der Waals surface area contributed by atoms with Gasteiger partial charge < -0.3 is 0 Å². The van der Waals surface area contributed by atoms with Crippen LogP contribution in [0, 0.1) is 0 Å². The highest BCUT2D eigenvalue weighted by Gasteiger charge is 2.07. The van der Waals surface area contributed by atoms with Crippen molar-refractivity contribution in [1.29, 1.82) is 0 Å². The molecule has 0 aromatic heterocycles. The van der Waals surface area contributed by atoms with Gasteiger partial charge >= 0.3 is 0 Å². The number of carbonyl (C=O) groups is 2. The van der Waals surface area contributed by atoms with E-state index in [1.54, 1.807) is 0 Å². The SMILES string of the molecule is CCC(=O)c1ccc(SCC(=O)c2ccccc2)cc1. The number of rotatable bonds is 6. The summed E-state index contributed by atoms with van der Waals surface area (Å²) < 4.78 is 0. The summed E-state index contributed by atoms with van der Waals surface area (Å²) in [5.74, 6) is 0.664. The van der Waals surface area contributed by atoms with Crippen LogP contribution in [0.15, 0.2) is 59.5 Å². The molecule has 102 valence electrons. The van der Waals surface area contributed by atoms with Gasteiger partial charge in [-0.1, -0.05) is 49.4 Å². The number of benzene rings is 2. The van der Waals surface area contributed by atoms with E-state index in [0.717, 1.165) is 16.0 Å². The number of Topliss-reactive ketones (excluding diaryl/α,β-unsaturated/α-hetero) is 2. The maximum Gasteiger partial charge on any atom is 0.173 e. The lowest BCUT2D eigenvalue weighted by Crippen LogP contribution is -2.01. The van der Waals surface area contributed by atoms with Gasteiger partial charge in [-0.2, -0.15) is 0 Å².